The predicted molar refractivity (Wildman–Crippen MR) is 92.3 cm³/mol. The van der Waals surface area contributed by atoms with Crippen molar-refractivity contribution in [3.8, 4) is 0 Å². The minimum Gasteiger partial charge on any atom is -0.462 e. The van der Waals surface area contributed by atoms with Gasteiger partial charge in [0.15, 0.2) is 0 Å². The lowest BCUT2D eigenvalue weighted by molar-refractivity contribution is 0.0531. The average molecular weight is 334 g/mol. The van der Waals surface area contributed by atoms with Gasteiger partial charge in [-0.15, -0.1) is 11.3 Å². The average Bonchev–Trinajstić information content (AvgIpc) is 3.16. The smallest absolute Gasteiger partial charge is 0.348 e. The molecule has 0 saturated carbocycles. The minimum absolute atomic E-state index is 0.281. The molecule has 6 nitrogen and oxygen atoms in total. The Kier molecular flexibility index (Phi) is 5.07. The molecule has 0 bridgehead atoms. The summed E-state index contributed by atoms with van der Waals surface area (Å²) < 4.78 is 5.12. The molecule has 3 heterocycles. The summed E-state index contributed by atoms with van der Waals surface area (Å²) in [6.07, 6.45) is 4.14. The number of aromatic nitrogens is 2. The molecule has 1 aliphatic rings. The Balaban J connectivity index is 1.78. The second-order valence-electron chi connectivity index (χ2n) is 5.65. The van der Waals surface area contributed by atoms with E-state index in [0.717, 1.165) is 34.7 Å². The molecule has 2 aromatic heterocycles. The molecule has 23 heavy (non-hydrogen) atoms. The van der Waals surface area contributed by atoms with Crippen molar-refractivity contribution in [2.45, 2.75) is 26.7 Å². The lowest BCUT2D eigenvalue weighted by atomic mass is 10.2. The summed E-state index contributed by atoms with van der Waals surface area (Å²) in [5.74, 6) is 0.523. The third-order valence-corrected chi connectivity index (χ3v) is 5.29. The van der Waals surface area contributed by atoms with Crippen LogP contribution >= 0.6 is 11.3 Å². The maximum Gasteiger partial charge on any atom is 0.348 e. The Morgan fingerprint density at radius 3 is 2.91 bits per heavy atom. The molecular formula is C16H22N4O2S. The van der Waals surface area contributed by atoms with Crippen LogP contribution in [0.1, 0.15) is 35.0 Å². The van der Waals surface area contributed by atoms with Crippen LogP contribution in [0.2, 0.25) is 0 Å². The van der Waals surface area contributed by atoms with Gasteiger partial charge in [0, 0.05) is 13.1 Å². The van der Waals surface area contributed by atoms with Gasteiger partial charge in [0.25, 0.3) is 0 Å². The van der Waals surface area contributed by atoms with Crippen LogP contribution in [0, 0.1) is 6.92 Å². The van der Waals surface area contributed by atoms with E-state index in [-0.39, 0.29) is 5.97 Å². The van der Waals surface area contributed by atoms with Crippen LogP contribution in [0.4, 0.5) is 5.82 Å². The third-order valence-electron chi connectivity index (χ3n) is 4.11. The molecule has 0 spiro atoms. The Hall–Kier alpha value is -1.73. The largest absolute Gasteiger partial charge is 0.462 e. The first-order valence-corrected chi connectivity index (χ1v) is 8.89. The van der Waals surface area contributed by atoms with Crippen LogP contribution in [-0.2, 0) is 4.74 Å². The molecule has 1 aliphatic heterocycles. The summed E-state index contributed by atoms with van der Waals surface area (Å²) in [4.78, 5) is 24.6. The highest BCUT2D eigenvalue weighted by atomic mass is 32.1. The van der Waals surface area contributed by atoms with Gasteiger partial charge in [-0.05, 0) is 45.3 Å². The molecule has 0 unspecified atom stereocenters. The van der Waals surface area contributed by atoms with Crippen LogP contribution in [0.15, 0.2) is 6.33 Å². The Morgan fingerprint density at radius 2 is 2.17 bits per heavy atom. The number of thiophene rings is 1. The summed E-state index contributed by atoms with van der Waals surface area (Å²) in [5, 5.41) is 4.33. The number of nitrogens with zero attached hydrogens (tertiary/aromatic N) is 3. The maximum absolute atomic E-state index is 12.0. The molecule has 0 atom stereocenters. The van der Waals surface area contributed by atoms with E-state index in [1.54, 1.807) is 6.33 Å². The number of hydrogen-bond donors (Lipinski definition) is 1. The SMILES string of the molecule is CCOC(=O)c1sc2ncnc(NCCN3CCCC3)c2c1C. The Labute approximate surface area is 139 Å². The lowest BCUT2D eigenvalue weighted by Crippen LogP contribution is -2.26. The number of ether oxygens (including phenoxy) is 1. The van der Waals surface area contributed by atoms with Crippen LogP contribution in [0.3, 0.4) is 0 Å². The molecule has 124 valence electrons. The van der Waals surface area contributed by atoms with Gasteiger partial charge in [-0.2, -0.15) is 0 Å². The van der Waals surface area contributed by atoms with E-state index in [2.05, 4.69) is 20.2 Å². The molecule has 2 aromatic rings. The van der Waals surface area contributed by atoms with E-state index in [4.69, 9.17) is 4.74 Å². The predicted octanol–water partition coefficient (Wildman–Crippen LogP) is 2.68. The van der Waals surface area contributed by atoms with Crippen molar-refractivity contribution in [1.82, 2.24) is 14.9 Å². The molecule has 0 aliphatic carbocycles. The van der Waals surface area contributed by atoms with Crippen molar-refractivity contribution in [2.75, 3.05) is 38.1 Å². The van der Waals surface area contributed by atoms with Crippen molar-refractivity contribution in [1.29, 1.82) is 0 Å². The standard InChI is InChI=1S/C16H22N4O2S/c1-3-22-16(21)13-11(2)12-14(18-10-19-15(12)23-13)17-6-9-20-7-4-5-8-20/h10H,3-9H2,1-2H3,(H,17,18,19). The minimum atomic E-state index is -0.281. The Morgan fingerprint density at radius 1 is 1.39 bits per heavy atom. The summed E-state index contributed by atoms with van der Waals surface area (Å²) in [6.45, 7) is 8.34. The van der Waals surface area contributed by atoms with Crippen molar-refractivity contribution in [3.05, 3.63) is 16.8 Å². The highest BCUT2D eigenvalue weighted by Crippen LogP contribution is 2.33. The maximum atomic E-state index is 12.0. The number of aryl methyl sites for hydroxylation is 1. The molecule has 0 aromatic carbocycles. The number of esters is 1. The van der Waals surface area contributed by atoms with E-state index in [1.807, 2.05) is 13.8 Å². The van der Waals surface area contributed by atoms with E-state index in [1.165, 1.54) is 37.3 Å². The number of fused-ring (bicyclic) bond motifs is 1. The number of rotatable bonds is 6. The van der Waals surface area contributed by atoms with Crippen molar-refractivity contribution in [3.63, 3.8) is 0 Å². The molecule has 1 saturated heterocycles. The van der Waals surface area contributed by atoms with Crippen molar-refractivity contribution >= 4 is 33.3 Å². The monoisotopic (exact) mass is 334 g/mol. The van der Waals surface area contributed by atoms with Gasteiger partial charge in [-0.3, -0.25) is 0 Å². The first-order valence-electron chi connectivity index (χ1n) is 8.08. The summed E-state index contributed by atoms with van der Waals surface area (Å²) in [7, 11) is 0. The fourth-order valence-electron chi connectivity index (χ4n) is 2.94. The first-order chi connectivity index (χ1) is 11.2. The lowest BCUT2D eigenvalue weighted by Gasteiger charge is -2.15. The second kappa shape index (κ2) is 7.23. The Bertz CT molecular complexity index is 695. The van der Waals surface area contributed by atoms with Gasteiger partial charge < -0.3 is 15.0 Å². The van der Waals surface area contributed by atoms with Crippen molar-refractivity contribution < 1.29 is 9.53 Å². The summed E-state index contributed by atoms with van der Waals surface area (Å²) in [6, 6.07) is 0. The molecule has 3 rings (SSSR count). The van der Waals surface area contributed by atoms with Gasteiger partial charge in [0.2, 0.25) is 0 Å². The van der Waals surface area contributed by atoms with Gasteiger partial charge in [-0.25, -0.2) is 14.8 Å². The number of anilines is 1. The number of carbonyl (C=O) groups is 1. The zero-order valence-corrected chi connectivity index (χ0v) is 14.4. The normalized spacial score (nSPS) is 15.2. The fraction of sp³-hybridized carbons (Fsp3) is 0.562. The van der Waals surface area contributed by atoms with E-state index in [9.17, 15) is 4.79 Å². The zero-order valence-electron chi connectivity index (χ0n) is 13.6. The molecule has 1 fully saturated rings. The zero-order chi connectivity index (χ0) is 16.2. The fourth-order valence-corrected chi connectivity index (χ4v) is 3.98. The van der Waals surface area contributed by atoms with Crippen LogP contribution in [0.25, 0.3) is 10.2 Å². The van der Waals surface area contributed by atoms with Gasteiger partial charge >= 0.3 is 5.97 Å². The van der Waals surface area contributed by atoms with Gasteiger partial charge in [0.1, 0.15) is 21.9 Å². The van der Waals surface area contributed by atoms with Crippen LogP contribution in [-0.4, -0.2) is 53.6 Å². The molecule has 0 amide bonds. The third kappa shape index (κ3) is 3.45. The summed E-state index contributed by atoms with van der Waals surface area (Å²) >= 11 is 1.37. The highest BCUT2D eigenvalue weighted by Gasteiger charge is 2.20. The van der Waals surface area contributed by atoms with E-state index < -0.39 is 0 Å². The molecule has 0 radical (unpaired) electrons. The molecule has 7 heteroatoms. The first kappa shape index (κ1) is 16.1. The van der Waals surface area contributed by atoms with Crippen LogP contribution < -0.4 is 5.32 Å². The highest BCUT2D eigenvalue weighted by molar-refractivity contribution is 7.20. The second-order valence-corrected chi connectivity index (χ2v) is 6.65. The number of nitrogens with one attached hydrogen (secondary N) is 1. The number of carbonyl (C=O) groups excluding carboxylic acids is 1. The van der Waals surface area contributed by atoms with Gasteiger partial charge in [-0.1, -0.05) is 0 Å². The van der Waals surface area contributed by atoms with E-state index in [0.29, 0.717) is 11.5 Å². The van der Waals surface area contributed by atoms with Crippen molar-refractivity contribution in [2.24, 2.45) is 0 Å². The van der Waals surface area contributed by atoms with Crippen LogP contribution in [0.5, 0.6) is 0 Å². The number of hydrogen-bond acceptors (Lipinski definition) is 7. The molecule has 1 N–H and O–H groups in total. The van der Waals surface area contributed by atoms with E-state index >= 15 is 0 Å². The quantitative estimate of drug-likeness (QED) is 0.819. The van der Waals surface area contributed by atoms with Gasteiger partial charge in [0.05, 0.1) is 12.0 Å². The number of likely N-dealkylation sites (tertiary alicyclic amines) is 1. The molecular weight excluding hydrogens is 312 g/mol. The topological polar surface area (TPSA) is 67.3 Å². The summed E-state index contributed by atoms with van der Waals surface area (Å²) in [5.41, 5.74) is 0.896.